The summed E-state index contributed by atoms with van der Waals surface area (Å²) >= 11 is 0. The maximum atomic E-state index is 11.8. The molecule has 0 unspecified atom stereocenters. The maximum absolute atomic E-state index is 11.8. The molecule has 1 aliphatic carbocycles. The second kappa shape index (κ2) is 3.67. The maximum Gasteiger partial charge on any atom is 0.248 e. The van der Waals surface area contributed by atoms with Gasteiger partial charge >= 0.3 is 0 Å². The molecule has 1 amide bonds. The highest BCUT2D eigenvalue weighted by atomic mass is 16.5. The predicted octanol–water partition coefficient (Wildman–Crippen LogP) is -0.652. The number of carbonyl (C=O) groups is 1. The van der Waals surface area contributed by atoms with Gasteiger partial charge in [-0.05, 0) is 25.7 Å². The van der Waals surface area contributed by atoms with Gasteiger partial charge in [-0.3, -0.25) is 4.79 Å². The van der Waals surface area contributed by atoms with Gasteiger partial charge in [-0.25, -0.2) is 0 Å². The highest BCUT2D eigenvalue weighted by Gasteiger charge is 2.53. The summed E-state index contributed by atoms with van der Waals surface area (Å²) < 4.78 is 5.59. The van der Waals surface area contributed by atoms with E-state index in [0.717, 1.165) is 25.9 Å². The fraction of sp³-hybridized carbons (Fsp3) is 0.917. The molecule has 96 valence electrons. The van der Waals surface area contributed by atoms with E-state index in [2.05, 4.69) is 5.32 Å². The van der Waals surface area contributed by atoms with Crippen LogP contribution < -0.4 is 5.32 Å². The molecule has 3 fully saturated rings. The van der Waals surface area contributed by atoms with Gasteiger partial charge in [0.25, 0.3) is 0 Å². The Kier molecular flexibility index (Phi) is 2.47. The fourth-order valence-electron chi connectivity index (χ4n) is 2.58. The van der Waals surface area contributed by atoms with Crippen molar-refractivity contribution in [1.82, 2.24) is 10.2 Å². The lowest BCUT2D eigenvalue weighted by molar-refractivity contribution is -0.170. The van der Waals surface area contributed by atoms with E-state index in [-0.39, 0.29) is 18.1 Å². The lowest BCUT2D eigenvalue weighted by Crippen LogP contribution is -2.66. The molecule has 0 bridgehead atoms. The number of aliphatic hydroxyl groups is 1. The zero-order valence-electron chi connectivity index (χ0n) is 10.2. The number of β-amino-alcohol motifs (C(OH)–C–C–N with tert-alkyl or cyclic N) is 1. The average molecular weight is 240 g/mol. The molecule has 2 saturated heterocycles. The van der Waals surface area contributed by atoms with Gasteiger partial charge in [0, 0.05) is 13.1 Å². The van der Waals surface area contributed by atoms with E-state index in [4.69, 9.17) is 4.74 Å². The van der Waals surface area contributed by atoms with Gasteiger partial charge < -0.3 is 20.1 Å². The van der Waals surface area contributed by atoms with Crippen molar-refractivity contribution in [3.63, 3.8) is 0 Å². The Morgan fingerprint density at radius 2 is 2.12 bits per heavy atom. The van der Waals surface area contributed by atoms with Gasteiger partial charge in [-0.1, -0.05) is 0 Å². The third-order valence-electron chi connectivity index (χ3n) is 4.16. The molecule has 5 nitrogen and oxygen atoms in total. The van der Waals surface area contributed by atoms with Gasteiger partial charge in [-0.2, -0.15) is 0 Å². The first-order chi connectivity index (χ1) is 8.01. The molecule has 0 radical (unpaired) electrons. The largest absolute Gasteiger partial charge is 0.386 e. The summed E-state index contributed by atoms with van der Waals surface area (Å²) in [5, 5.41) is 13.2. The van der Waals surface area contributed by atoms with Gasteiger partial charge in [0.2, 0.25) is 5.91 Å². The minimum Gasteiger partial charge on any atom is -0.386 e. The number of carbonyl (C=O) groups excluding carboxylic acids is 1. The Morgan fingerprint density at radius 3 is 2.59 bits per heavy atom. The monoisotopic (exact) mass is 240 g/mol. The van der Waals surface area contributed by atoms with Crippen LogP contribution in [0.5, 0.6) is 0 Å². The van der Waals surface area contributed by atoms with Crippen molar-refractivity contribution >= 4 is 5.91 Å². The van der Waals surface area contributed by atoms with Crippen LogP contribution in [0.15, 0.2) is 0 Å². The first kappa shape index (κ1) is 11.4. The number of hydrogen-bond donors (Lipinski definition) is 2. The van der Waals surface area contributed by atoms with E-state index >= 15 is 0 Å². The van der Waals surface area contributed by atoms with Crippen molar-refractivity contribution < 1.29 is 14.6 Å². The van der Waals surface area contributed by atoms with Crippen LogP contribution in [0.25, 0.3) is 0 Å². The molecule has 0 aromatic rings. The molecule has 2 aliphatic heterocycles. The van der Waals surface area contributed by atoms with Crippen molar-refractivity contribution in [2.24, 2.45) is 5.92 Å². The minimum absolute atomic E-state index is 0.00319. The Labute approximate surface area is 101 Å². The topological polar surface area (TPSA) is 61.8 Å². The molecule has 2 N–H and O–H groups in total. The first-order valence-electron chi connectivity index (χ1n) is 6.36. The predicted molar refractivity (Wildman–Crippen MR) is 61.5 cm³/mol. The number of nitrogens with zero attached hydrogens (tertiary/aromatic N) is 1. The molecule has 0 aromatic carbocycles. The second-order valence-electron chi connectivity index (χ2n) is 5.97. The van der Waals surface area contributed by atoms with Crippen LogP contribution in [0, 0.1) is 5.92 Å². The van der Waals surface area contributed by atoms with Crippen LogP contribution in [0.2, 0.25) is 0 Å². The average Bonchev–Trinajstić information content (AvgIpc) is 3.02. The molecular formula is C12H20N2O3. The van der Waals surface area contributed by atoms with E-state index in [0.29, 0.717) is 19.0 Å². The summed E-state index contributed by atoms with van der Waals surface area (Å²) in [5.74, 6) is 0.435. The fourth-order valence-corrected chi connectivity index (χ4v) is 2.58. The number of ether oxygens (including phenoxy) is 1. The van der Waals surface area contributed by atoms with Crippen LogP contribution in [0.1, 0.15) is 19.8 Å². The molecule has 0 spiro atoms. The quantitative estimate of drug-likeness (QED) is 0.685. The molecule has 3 aliphatic rings. The number of likely N-dealkylation sites (tertiary alicyclic amines) is 1. The minimum atomic E-state index is -0.586. The zero-order valence-corrected chi connectivity index (χ0v) is 10.2. The summed E-state index contributed by atoms with van der Waals surface area (Å²) in [7, 11) is 0. The van der Waals surface area contributed by atoms with Crippen LogP contribution in [0.3, 0.4) is 0 Å². The summed E-state index contributed by atoms with van der Waals surface area (Å²) in [6.45, 7) is 4.76. The van der Waals surface area contributed by atoms with Crippen LogP contribution in [-0.4, -0.2) is 59.9 Å². The van der Waals surface area contributed by atoms with Crippen molar-refractivity contribution in [2.75, 3.05) is 32.8 Å². The van der Waals surface area contributed by atoms with Gasteiger partial charge in [0.05, 0.1) is 18.7 Å². The van der Waals surface area contributed by atoms with Crippen molar-refractivity contribution in [1.29, 1.82) is 0 Å². The van der Waals surface area contributed by atoms with Crippen molar-refractivity contribution in [3.8, 4) is 0 Å². The molecular weight excluding hydrogens is 220 g/mol. The van der Waals surface area contributed by atoms with E-state index < -0.39 is 5.60 Å². The normalized spacial score (nSPS) is 29.4. The molecule has 0 aromatic heterocycles. The number of rotatable bonds is 4. The van der Waals surface area contributed by atoms with Crippen LogP contribution in [0.4, 0.5) is 0 Å². The standard InChI is InChI=1S/C12H20N2O3/c1-11(5-13-6-11)17-4-10(15)14-7-12(16,8-14)9-2-3-9/h9,13,16H,2-8H2,1H3. The number of amides is 1. The Balaban J connectivity index is 1.42. The Bertz CT molecular complexity index is 331. The smallest absolute Gasteiger partial charge is 0.248 e. The van der Waals surface area contributed by atoms with Gasteiger partial charge in [0.1, 0.15) is 12.2 Å². The Hall–Kier alpha value is -0.650. The van der Waals surface area contributed by atoms with E-state index in [1.54, 1.807) is 4.90 Å². The van der Waals surface area contributed by atoms with Gasteiger partial charge in [-0.15, -0.1) is 0 Å². The first-order valence-corrected chi connectivity index (χ1v) is 6.36. The van der Waals surface area contributed by atoms with E-state index in [9.17, 15) is 9.90 Å². The highest BCUT2D eigenvalue weighted by molar-refractivity contribution is 5.78. The second-order valence-corrected chi connectivity index (χ2v) is 5.97. The Morgan fingerprint density at radius 1 is 1.47 bits per heavy atom. The summed E-state index contributed by atoms with van der Waals surface area (Å²) in [6.07, 6.45) is 2.22. The molecule has 17 heavy (non-hydrogen) atoms. The number of hydrogen-bond acceptors (Lipinski definition) is 4. The van der Waals surface area contributed by atoms with Gasteiger partial charge in [0.15, 0.2) is 0 Å². The molecule has 1 saturated carbocycles. The summed E-state index contributed by atoms with van der Waals surface area (Å²) in [6, 6.07) is 0. The van der Waals surface area contributed by atoms with Crippen molar-refractivity contribution in [3.05, 3.63) is 0 Å². The third kappa shape index (κ3) is 2.07. The third-order valence-corrected chi connectivity index (χ3v) is 4.16. The molecule has 3 rings (SSSR count). The summed E-state index contributed by atoms with van der Waals surface area (Å²) in [5.41, 5.74) is -0.759. The molecule has 0 atom stereocenters. The molecule has 5 heteroatoms. The van der Waals surface area contributed by atoms with E-state index in [1.807, 2.05) is 6.92 Å². The SMILES string of the molecule is CC1(OCC(=O)N2CC(O)(C3CC3)C2)CNC1. The van der Waals surface area contributed by atoms with Crippen LogP contribution in [-0.2, 0) is 9.53 Å². The van der Waals surface area contributed by atoms with E-state index in [1.165, 1.54) is 0 Å². The zero-order chi connectivity index (χ0) is 12.1. The number of nitrogens with one attached hydrogen (secondary N) is 1. The molecule has 2 heterocycles. The highest BCUT2D eigenvalue weighted by Crippen LogP contribution is 2.44. The van der Waals surface area contributed by atoms with Crippen molar-refractivity contribution in [2.45, 2.75) is 31.0 Å². The summed E-state index contributed by atoms with van der Waals surface area (Å²) in [4.78, 5) is 13.5. The van der Waals surface area contributed by atoms with Crippen LogP contribution >= 0.6 is 0 Å². The lowest BCUT2D eigenvalue weighted by Gasteiger charge is -2.47. The lowest BCUT2D eigenvalue weighted by atomic mass is 9.89.